The van der Waals surface area contributed by atoms with Crippen LogP contribution in [0.5, 0.6) is 0 Å². The largest absolute Gasteiger partial charge is 0.419 e. The molecule has 1 heterocycles. The summed E-state index contributed by atoms with van der Waals surface area (Å²) in [5.74, 6) is -0.932. The molecular formula is C10H7F4N3S. The Morgan fingerprint density at radius 3 is 2.50 bits per heavy atom. The monoisotopic (exact) mass is 277 g/mol. The van der Waals surface area contributed by atoms with Gasteiger partial charge in [-0.25, -0.2) is 4.39 Å². The Morgan fingerprint density at radius 2 is 2.00 bits per heavy atom. The van der Waals surface area contributed by atoms with Gasteiger partial charge in [0.2, 0.25) is 0 Å². The van der Waals surface area contributed by atoms with Gasteiger partial charge < -0.3 is 0 Å². The van der Waals surface area contributed by atoms with Crippen LogP contribution in [0.15, 0.2) is 18.2 Å². The molecule has 0 saturated heterocycles. The zero-order valence-electron chi connectivity index (χ0n) is 9.05. The smallest absolute Gasteiger partial charge is 0.272 e. The molecule has 2 rings (SSSR count). The van der Waals surface area contributed by atoms with Crippen LogP contribution in [-0.4, -0.2) is 14.8 Å². The molecule has 2 aromatic rings. The number of H-pyrrole nitrogens is 1. The minimum atomic E-state index is -4.75. The maximum atomic E-state index is 13.1. The molecule has 18 heavy (non-hydrogen) atoms. The van der Waals surface area contributed by atoms with Gasteiger partial charge in [-0.15, -0.1) is 0 Å². The Balaban J connectivity index is 2.65. The molecule has 0 saturated carbocycles. The van der Waals surface area contributed by atoms with Gasteiger partial charge in [-0.05, 0) is 37.3 Å². The fourth-order valence-electron chi connectivity index (χ4n) is 1.55. The van der Waals surface area contributed by atoms with E-state index in [1.165, 1.54) is 10.6 Å². The molecule has 1 aromatic carbocycles. The zero-order valence-corrected chi connectivity index (χ0v) is 9.86. The second-order valence-electron chi connectivity index (χ2n) is 3.57. The molecular weight excluding hydrogens is 270 g/mol. The van der Waals surface area contributed by atoms with Crippen LogP contribution in [0.2, 0.25) is 0 Å². The van der Waals surface area contributed by atoms with E-state index in [4.69, 9.17) is 12.2 Å². The molecule has 0 fully saturated rings. The Labute approximate surface area is 104 Å². The first-order valence-corrected chi connectivity index (χ1v) is 5.22. The summed E-state index contributed by atoms with van der Waals surface area (Å²) in [7, 11) is 0. The molecule has 0 amide bonds. The Bertz CT molecular complexity index is 641. The van der Waals surface area contributed by atoms with Gasteiger partial charge in [0.1, 0.15) is 11.6 Å². The number of benzene rings is 1. The second-order valence-corrected chi connectivity index (χ2v) is 3.96. The normalized spacial score (nSPS) is 11.8. The molecule has 0 radical (unpaired) electrons. The van der Waals surface area contributed by atoms with Crippen LogP contribution in [0.3, 0.4) is 0 Å². The summed E-state index contributed by atoms with van der Waals surface area (Å²) in [6.07, 6.45) is -4.75. The molecule has 0 aliphatic heterocycles. The fraction of sp³-hybridized carbons (Fsp3) is 0.200. The molecule has 0 bridgehead atoms. The molecule has 1 N–H and O–H groups in total. The van der Waals surface area contributed by atoms with Crippen LogP contribution < -0.4 is 0 Å². The van der Waals surface area contributed by atoms with Crippen LogP contribution in [-0.2, 0) is 6.18 Å². The van der Waals surface area contributed by atoms with Crippen molar-refractivity contribution in [1.82, 2.24) is 14.8 Å². The number of alkyl halides is 3. The highest BCUT2D eigenvalue weighted by Crippen LogP contribution is 2.32. The van der Waals surface area contributed by atoms with Gasteiger partial charge in [0.25, 0.3) is 0 Å². The Hall–Kier alpha value is -1.70. The summed E-state index contributed by atoms with van der Waals surface area (Å²) < 4.78 is 52.3. The summed E-state index contributed by atoms with van der Waals surface area (Å²) in [5.41, 5.74) is -1.22. The van der Waals surface area contributed by atoms with E-state index in [9.17, 15) is 17.6 Å². The van der Waals surface area contributed by atoms with Gasteiger partial charge in [-0.2, -0.15) is 18.3 Å². The van der Waals surface area contributed by atoms with Crippen molar-refractivity contribution in [3.05, 3.63) is 40.2 Å². The lowest BCUT2D eigenvalue weighted by molar-refractivity contribution is -0.140. The van der Waals surface area contributed by atoms with E-state index in [-0.39, 0.29) is 10.5 Å². The molecule has 96 valence electrons. The Kier molecular flexibility index (Phi) is 2.97. The third kappa shape index (κ3) is 2.15. The van der Waals surface area contributed by atoms with E-state index in [0.29, 0.717) is 11.9 Å². The van der Waals surface area contributed by atoms with Crippen molar-refractivity contribution in [2.24, 2.45) is 0 Å². The predicted molar refractivity (Wildman–Crippen MR) is 58.4 cm³/mol. The molecule has 1 aromatic heterocycles. The average molecular weight is 277 g/mol. The van der Waals surface area contributed by atoms with E-state index in [0.717, 1.165) is 6.07 Å². The zero-order chi connectivity index (χ0) is 13.5. The SMILES string of the molecule is Cc1n[nH]c(=S)n1-c1ccc(F)c(C(F)(F)F)c1. The third-order valence-corrected chi connectivity index (χ3v) is 2.63. The molecule has 3 nitrogen and oxygen atoms in total. The number of hydrogen-bond acceptors (Lipinski definition) is 2. The third-order valence-electron chi connectivity index (χ3n) is 2.35. The molecule has 0 unspecified atom stereocenters. The highest BCUT2D eigenvalue weighted by molar-refractivity contribution is 7.71. The van der Waals surface area contributed by atoms with Crippen LogP contribution in [0.25, 0.3) is 5.69 Å². The van der Waals surface area contributed by atoms with Crippen molar-refractivity contribution in [3.8, 4) is 5.69 Å². The van der Waals surface area contributed by atoms with Gasteiger partial charge >= 0.3 is 6.18 Å². The second kappa shape index (κ2) is 4.20. The lowest BCUT2D eigenvalue weighted by atomic mass is 10.2. The highest BCUT2D eigenvalue weighted by Gasteiger charge is 2.34. The first kappa shape index (κ1) is 12.7. The standard InChI is InChI=1S/C10H7F4N3S/c1-5-15-16-9(18)17(5)6-2-3-8(11)7(4-6)10(12,13)14/h2-4H,1H3,(H,16,18). The predicted octanol–water partition coefficient (Wildman–Crippen LogP) is 3.40. The molecule has 0 aliphatic rings. The summed E-state index contributed by atoms with van der Waals surface area (Å²) >= 11 is 4.89. The van der Waals surface area contributed by atoms with Crippen molar-refractivity contribution in [3.63, 3.8) is 0 Å². The van der Waals surface area contributed by atoms with E-state index in [1.54, 1.807) is 6.92 Å². The number of hydrogen-bond donors (Lipinski definition) is 1. The maximum Gasteiger partial charge on any atom is 0.419 e. The van der Waals surface area contributed by atoms with Crippen LogP contribution in [0, 0.1) is 17.5 Å². The van der Waals surface area contributed by atoms with E-state index in [1.807, 2.05) is 0 Å². The van der Waals surface area contributed by atoms with Crippen LogP contribution in [0.4, 0.5) is 17.6 Å². The number of nitrogens with zero attached hydrogens (tertiary/aromatic N) is 2. The number of aryl methyl sites for hydroxylation is 1. The molecule has 0 spiro atoms. The van der Waals surface area contributed by atoms with Gasteiger partial charge in [-0.1, -0.05) is 0 Å². The quantitative estimate of drug-likeness (QED) is 0.640. The lowest BCUT2D eigenvalue weighted by Gasteiger charge is -2.11. The number of nitrogens with one attached hydrogen (secondary N) is 1. The molecule has 8 heteroatoms. The number of halogens is 4. The van der Waals surface area contributed by atoms with Crippen molar-refractivity contribution in [1.29, 1.82) is 0 Å². The van der Waals surface area contributed by atoms with Gasteiger partial charge in [0, 0.05) is 0 Å². The first-order chi connectivity index (χ1) is 8.30. The summed E-state index contributed by atoms with van der Waals surface area (Å²) in [5, 5.41) is 6.23. The minimum absolute atomic E-state index is 0.111. The maximum absolute atomic E-state index is 13.1. The summed E-state index contributed by atoms with van der Waals surface area (Å²) in [4.78, 5) is 0. The van der Waals surface area contributed by atoms with Gasteiger partial charge in [0.15, 0.2) is 4.77 Å². The van der Waals surface area contributed by atoms with Gasteiger partial charge in [0.05, 0.1) is 11.3 Å². The van der Waals surface area contributed by atoms with E-state index in [2.05, 4.69) is 10.2 Å². The van der Waals surface area contributed by atoms with Crippen molar-refractivity contribution < 1.29 is 17.6 Å². The number of rotatable bonds is 1. The summed E-state index contributed by atoms with van der Waals surface area (Å²) in [6, 6.07) is 2.67. The van der Waals surface area contributed by atoms with Crippen LogP contribution in [0.1, 0.15) is 11.4 Å². The summed E-state index contributed by atoms with van der Waals surface area (Å²) in [6.45, 7) is 1.57. The number of aromatic nitrogens is 3. The van der Waals surface area contributed by atoms with Crippen molar-refractivity contribution in [2.75, 3.05) is 0 Å². The van der Waals surface area contributed by atoms with E-state index >= 15 is 0 Å². The van der Waals surface area contributed by atoms with Crippen LogP contribution >= 0.6 is 12.2 Å². The Morgan fingerprint density at radius 1 is 1.33 bits per heavy atom. The fourth-order valence-corrected chi connectivity index (χ4v) is 1.83. The van der Waals surface area contributed by atoms with Crippen molar-refractivity contribution >= 4 is 12.2 Å². The topological polar surface area (TPSA) is 33.6 Å². The average Bonchev–Trinajstić information content (AvgIpc) is 2.58. The lowest BCUT2D eigenvalue weighted by Crippen LogP contribution is -2.09. The van der Waals surface area contributed by atoms with Crippen molar-refractivity contribution in [2.45, 2.75) is 13.1 Å². The van der Waals surface area contributed by atoms with Gasteiger partial charge in [-0.3, -0.25) is 9.67 Å². The molecule has 0 aliphatic carbocycles. The number of aromatic amines is 1. The highest BCUT2D eigenvalue weighted by atomic mass is 32.1. The minimum Gasteiger partial charge on any atom is -0.272 e. The molecule has 0 atom stereocenters. The van der Waals surface area contributed by atoms with E-state index < -0.39 is 17.6 Å². The first-order valence-electron chi connectivity index (χ1n) is 4.82.